The zero-order valence-electron chi connectivity index (χ0n) is 38.7. The largest absolute Gasteiger partial charge is 0.338 e. The second kappa shape index (κ2) is 24.8. The summed E-state index contributed by atoms with van der Waals surface area (Å²) in [5.41, 5.74) is 5.44. The van der Waals surface area contributed by atoms with Crippen LogP contribution in [0.15, 0.2) is 164 Å². The van der Waals surface area contributed by atoms with Crippen molar-refractivity contribution in [2.45, 2.75) is 49.9 Å². The molecule has 4 aliphatic rings. The van der Waals surface area contributed by atoms with Crippen molar-refractivity contribution in [2.24, 2.45) is 11.8 Å². The minimum absolute atomic E-state index is 0.0322. The number of likely N-dealkylation sites (tertiary alicyclic amines) is 4. The Morgan fingerprint density at radius 1 is 0.426 bits per heavy atom. The van der Waals surface area contributed by atoms with Crippen LogP contribution in [0.3, 0.4) is 0 Å². The lowest BCUT2D eigenvalue weighted by Gasteiger charge is -2.34. The summed E-state index contributed by atoms with van der Waals surface area (Å²) < 4.78 is 0. The Balaban J connectivity index is 0.000000166. The topological polar surface area (TPSA) is 47.1 Å². The first kappa shape index (κ1) is 49.8. The molecule has 4 aliphatic heterocycles. The minimum atomic E-state index is 0.0322. The molecule has 3 atom stereocenters. The van der Waals surface area contributed by atoms with Gasteiger partial charge >= 0.3 is 0 Å². The van der Waals surface area contributed by atoms with Gasteiger partial charge in [0.05, 0.1) is 10.0 Å². The van der Waals surface area contributed by atoms with Gasteiger partial charge in [-0.3, -0.25) is 9.59 Å². The van der Waals surface area contributed by atoms with Crippen LogP contribution in [-0.4, -0.2) is 96.9 Å². The van der Waals surface area contributed by atoms with Crippen LogP contribution >= 0.6 is 46.4 Å². The van der Waals surface area contributed by atoms with Gasteiger partial charge in [-0.25, -0.2) is 0 Å². The molecular weight excluding hydrogens is 926 g/mol. The Morgan fingerprint density at radius 2 is 0.897 bits per heavy atom. The highest BCUT2D eigenvalue weighted by atomic mass is 35.5. The molecule has 0 aliphatic carbocycles. The first-order valence-corrected chi connectivity index (χ1v) is 25.8. The standard InChI is InChI=1S/C29H30Cl2N2O.C23H26Cl2N2O.C6H6/c30-27-12-11-24(17-28(27)31)29(34)33-19-25(26(20-33)23-9-5-2-6-10-23)18-32-15-13-22(14-16-32)21-7-3-1-4-8-21;24-21-12-20(13-22(25)14-21)23(28)27-11-6-17(16-27)15-26-9-7-19(8-10-26)18-4-2-1-3-5-18;1-2-4-6-5-3-1/h1-12,17,22,25-26H,13-16,18-20H2;1-5,12-14,17,19H,6-11,15-16H2;1-6H/t25?,26-;17-;/m10./s1. The second-order valence-corrected chi connectivity index (χ2v) is 20.5. The second-order valence-electron chi connectivity index (χ2n) is 18.8. The Morgan fingerprint density at radius 3 is 1.41 bits per heavy atom. The van der Waals surface area contributed by atoms with Crippen LogP contribution < -0.4 is 0 Å². The van der Waals surface area contributed by atoms with Gasteiger partial charge in [0.25, 0.3) is 11.8 Å². The van der Waals surface area contributed by atoms with Crippen LogP contribution in [0.5, 0.6) is 0 Å². The predicted octanol–water partition coefficient (Wildman–Crippen LogP) is 13.8. The van der Waals surface area contributed by atoms with E-state index in [-0.39, 0.29) is 11.8 Å². The number of hydrogen-bond acceptors (Lipinski definition) is 4. The molecule has 6 aromatic carbocycles. The van der Waals surface area contributed by atoms with Crippen LogP contribution in [0.4, 0.5) is 0 Å². The number of piperidine rings is 2. The summed E-state index contributed by atoms with van der Waals surface area (Å²) >= 11 is 24.4. The lowest BCUT2D eigenvalue weighted by atomic mass is 9.86. The van der Waals surface area contributed by atoms with Crippen molar-refractivity contribution in [1.82, 2.24) is 19.6 Å². The van der Waals surface area contributed by atoms with Crippen molar-refractivity contribution in [1.29, 1.82) is 0 Å². The Labute approximate surface area is 423 Å². The number of benzene rings is 6. The average molecular weight is 989 g/mol. The summed E-state index contributed by atoms with van der Waals surface area (Å²) in [4.78, 5) is 35.2. The van der Waals surface area contributed by atoms with Crippen LogP contribution in [0.2, 0.25) is 20.1 Å². The molecular formula is C58H62Cl4N4O2. The van der Waals surface area contributed by atoms with Gasteiger partial charge in [-0.15, -0.1) is 0 Å². The van der Waals surface area contributed by atoms with E-state index in [0.717, 1.165) is 71.9 Å². The summed E-state index contributed by atoms with van der Waals surface area (Å²) in [6, 6.07) is 54.7. The molecule has 10 rings (SSSR count). The van der Waals surface area contributed by atoms with Crippen molar-refractivity contribution in [3.05, 3.63) is 212 Å². The molecule has 0 radical (unpaired) electrons. The van der Waals surface area contributed by atoms with E-state index in [1.807, 2.05) is 46.2 Å². The molecule has 0 bridgehead atoms. The number of amides is 2. The van der Waals surface area contributed by atoms with E-state index < -0.39 is 0 Å². The van der Waals surface area contributed by atoms with E-state index in [1.54, 1.807) is 36.4 Å². The number of carbonyl (C=O) groups is 2. The molecule has 4 heterocycles. The first-order chi connectivity index (χ1) is 33.2. The van der Waals surface area contributed by atoms with Crippen molar-refractivity contribution in [2.75, 3.05) is 65.4 Å². The molecule has 4 fully saturated rings. The lowest BCUT2D eigenvalue weighted by Crippen LogP contribution is -2.38. The number of nitrogens with zero attached hydrogens (tertiary/aromatic N) is 4. The number of halogens is 4. The fourth-order valence-corrected chi connectivity index (χ4v) is 11.4. The highest BCUT2D eigenvalue weighted by Gasteiger charge is 2.38. The fourth-order valence-electron chi connectivity index (χ4n) is 10.6. The maximum absolute atomic E-state index is 13.3. The van der Waals surface area contributed by atoms with Crippen molar-refractivity contribution in [3.63, 3.8) is 0 Å². The van der Waals surface area contributed by atoms with Crippen LogP contribution in [-0.2, 0) is 0 Å². The molecule has 6 nitrogen and oxygen atoms in total. The van der Waals surface area contributed by atoms with Gasteiger partial charge in [-0.2, -0.15) is 0 Å². The van der Waals surface area contributed by atoms with E-state index >= 15 is 0 Å². The summed E-state index contributed by atoms with van der Waals surface area (Å²) in [6.07, 6.45) is 5.90. The Bertz CT molecular complexity index is 2450. The van der Waals surface area contributed by atoms with Gasteiger partial charge in [-0.05, 0) is 135 Å². The molecule has 0 spiro atoms. The fraction of sp³-hybridized carbons (Fsp3) is 0.345. The lowest BCUT2D eigenvalue weighted by molar-refractivity contribution is 0.0774. The van der Waals surface area contributed by atoms with Crippen LogP contribution in [0.1, 0.15) is 87.3 Å². The van der Waals surface area contributed by atoms with E-state index in [0.29, 0.717) is 60.8 Å². The van der Waals surface area contributed by atoms with Gasteiger partial charge in [0, 0.05) is 66.4 Å². The molecule has 354 valence electrons. The number of carbonyl (C=O) groups excluding carboxylic acids is 2. The number of rotatable bonds is 9. The van der Waals surface area contributed by atoms with E-state index in [4.69, 9.17) is 46.4 Å². The van der Waals surface area contributed by atoms with Gasteiger partial charge in [0.15, 0.2) is 0 Å². The molecule has 1 unspecified atom stereocenters. The monoisotopic (exact) mass is 986 g/mol. The SMILES string of the molecule is O=C(c1cc(Cl)cc(Cl)c1)N1CC[C@@H](CN2CCC(c3ccccc3)CC2)C1.O=C(c1ccc(Cl)c(Cl)c1)N1CC(CN2CCC(c3ccccc3)CC2)[C@@H](c2ccccc2)C1.c1ccccc1. The Hall–Kier alpha value is -4.66. The third-order valence-electron chi connectivity index (χ3n) is 14.2. The summed E-state index contributed by atoms with van der Waals surface area (Å²) in [6.45, 7) is 9.74. The Kier molecular flexibility index (Phi) is 18.1. The molecule has 68 heavy (non-hydrogen) atoms. The molecule has 0 N–H and O–H groups in total. The minimum Gasteiger partial charge on any atom is -0.338 e. The first-order valence-electron chi connectivity index (χ1n) is 24.3. The molecule has 6 aromatic rings. The maximum atomic E-state index is 13.3. The van der Waals surface area contributed by atoms with E-state index in [1.165, 1.54) is 42.4 Å². The van der Waals surface area contributed by atoms with Crippen molar-refractivity contribution >= 4 is 58.2 Å². The predicted molar refractivity (Wildman–Crippen MR) is 282 cm³/mol. The zero-order valence-corrected chi connectivity index (χ0v) is 41.7. The average Bonchev–Trinajstić information content (AvgIpc) is 4.04. The van der Waals surface area contributed by atoms with E-state index in [9.17, 15) is 9.59 Å². The summed E-state index contributed by atoms with van der Waals surface area (Å²) in [5, 5.41) is 1.91. The van der Waals surface area contributed by atoms with Gasteiger partial charge in [0.2, 0.25) is 0 Å². The summed E-state index contributed by atoms with van der Waals surface area (Å²) in [5.74, 6) is 2.69. The number of hydrogen-bond donors (Lipinski definition) is 0. The van der Waals surface area contributed by atoms with Crippen LogP contribution in [0, 0.1) is 11.8 Å². The van der Waals surface area contributed by atoms with E-state index in [2.05, 4.69) is 101 Å². The third-order valence-corrected chi connectivity index (χ3v) is 15.4. The summed E-state index contributed by atoms with van der Waals surface area (Å²) in [7, 11) is 0. The quantitative estimate of drug-likeness (QED) is 0.145. The normalized spacial score (nSPS) is 20.3. The third kappa shape index (κ3) is 13.8. The molecule has 4 saturated heterocycles. The van der Waals surface area contributed by atoms with Crippen LogP contribution in [0.25, 0.3) is 0 Å². The zero-order chi connectivity index (χ0) is 47.2. The molecule has 0 saturated carbocycles. The van der Waals surface area contributed by atoms with Gasteiger partial charge in [0.1, 0.15) is 0 Å². The van der Waals surface area contributed by atoms with Gasteiger partial charge < -0.3 is 19.6 Å². The highest BCUT2D eigenvalue weighted by Crippen LogP contribution is 2.37. The van der Waals surface area contributed by atoms with Crippen molar-refractivity contribution < 1.29 is 9.59 Å². The molecule has 2 amide bonds. The highest BCUT2D eigenvalue weighted by molar-refractivity contribution is 6.42. The van der Waals surface area contributed by atoms with Gasteiger partial charge in [-0.1, -0.05) is 174 Å². The maximum Gasteiger partial charge on any atom is 0.253 e. The smallest absolute Gasteiger partial charge is 0.253 e. The van der Waals surface area contributed by atoms with Crippen molar-refractivity contribution in [3.8, 4) is 0 Å². The molecule has 10 heteroatoms. The molecule has 0 aromatic heterocycles.